The van der Waals surface area contributed by atoms with Crippen molar-refractivity contribution in [3.63, 3.8) is 0 Å². The van der Waals surface area contributed by atoms with Crippen molar-refractivity contribution >= 4 is 26.7 Å². The second-order valence-electron chi connectivity index (χ2n) is 2.36. The summed E-state index contributed by atoms with van der Waals surface area (Å²) in [6.45, 7) is 1.76. The van der Waals surface area contributed by atoms with Crippen molar-refractivity contribution < 1.29 is 4.89 Å². The van der Waals surface area contributed by atoms with Crippen LogP contribution in [0.25, 0.3) is 0 Å². The Morgan fingerprint density at radius 1 is 1.36 bits per heavy atom. The number of hydrogen-bond donors (Lipinski definition) is 2. The first-order valence-electron chi connectivity index (χ1n) is 3.21. The Morgan fingerprint density at radius 3 is 2.36 bits per heavy atom. The number of benzene rings is 1. The van der Waals surface area contributed by atoms with E-state index in [9.17, 15) is 4.89 Å². The van der Waals surface area contributed by atoms with Crippen molar-refractivity contribution in [2.75, 3.05) is 11.8 Å². The van der Waals surface area contributed by atoms with Crippen LogP contribution in [0.3, 0.4) is 0 Å². The van der Waals surface area contributed by atoms with E-state index in [4.69, 9.17) is 0 Å². The second-order valence-corrected chi connectivity index (χ2v) is 8.81. The average Bonchev–Trinajstić information content (AvgIpc) is 1.85. The van der Waals surface area contributed by atoms with Crippen LogP contribution < -0.4 is 5.09 Å². The van der Waals surface area contributed by atoms with Gasteiger partial charge in [0.25, 0.3) is 0 Å². The molecule has 0 spiro atoms. The van der Waals surface area contributed by atoms with Crippen molar-refractivity contribution in [1.29, 1.82) is 0 Å². The van der Waals surface area contributed by atoms with E-state index in [1.165, 1.54) is 0 Å². The second kappa shape index (κ2) is 3.55. The van der Waals surface area contributed by atoms with Crippen LogP contribution >= 0.6 is 5.89 Å². The van der Waals surface area contributed by atoms with Gasteiger partial charge in [-0.2, -0.15) is 0 Å². The van der Waals surface area contributed by atoms with Crippen LogP contribution in [0.1, 0.15) is 0 Å². The molecule has 0 aromatic heterocycles. The van der Waals surface area contributed by atoms with Crippen molar-refractivity contribution in [3.05, 3.63) is 30.3 Å². The first kappa shape index (κ1) is 9.02. The summed E-state index contributed by atoms with van der Waals surface area (Å²) in [6, 6.07) is 9.64. The molecule has 2 nitrogen and oxygen atoms in total. The Kier molecular flexibility index (Phi) is 2.91. The van der Waals surface area contributed by atoms with Crippen LogP contribution in [0.2, 0.25) is 0 Å². The molecule has 0 amide bonds. The predicted octanol–water partition coefficient (Wildman–Crippen LogP) is 1.65. The number of nitrogens with one attached hydrogen (secondary N) is 1. The molecule has 0 heterocycles. The van der Waals surface area contributed by atoms with Crippen LogP contribution in [0.4, 0.5) is 5.69 Å². The molecule has 60 valence electrons. The van der Waals surface area contributed by atoms with Crippen molar-refractivity contribution in [2.24, 2.45) is 0 Å². The normalized spacial score (nSPS) is 15.5. The van der Waals surface area contributed by atoms with E-state index in [0.29, 0.717) is 0 Å². The summed E-state index contributed by atoms with van der Waals surface area (Å²) in [5.74, 6) is -2.01. The van der Waals surface area contributed by atoms with E-state index < -0.39 is 5.89 Å². The van der Waals surface area contributed by atoms with E-state index in [-0.39, 0.29) is 0 Å². The van der Waals surface area contributed by atoms with E-state index in [1.54, 1.807) is 6.66 Å². The maximum atomic E-state index is 9.42. The molecule has 1 atom stereocenters. The quantitative estimate of drug-likeness (QED) is 0.602. The molecule has 1 aromatic carbocycles. The van der Waals surface area contributed by atoms with Gasteiger partial charge in [0.05, 0.1) is 0 Å². The molecular weight excluding hydrogens is 224 g/mol. The van der Waals surface area contributed by atoms with Gasteiger partial charge in [-0.25, -0.2) is 0 Å². The Labute approximate surface area is 74.0 Å². The molecule has 4 heteroatoms. The first-order valence-corrected chi connectivity index (χ1v) is 7.62. The Hall–Kier alpha value is -0.0705. The fourth-order valence-corrected chi connectivity index (χ4v) is 2.04. The summed E-state index contributed by atoms with van der Waals surface area (Å²) in [5.41, 5.74) is 0.949. The molecule has 1 unspecified atom stereocenters. The fourth-order valence-electron chi connectivity index (χ4n) is 0.752. The van der Waals surface area contributed by atoms with Crippen LogP contribution in [0.5, 0.6) is 0 Å². The third kappa shape index (κ3) is 3.73. The zero-order chi connectivity index (χ0) is 8.32. The number of hydrogen-bond acceptors (Lipinski definition) is 2. The number of anilines is 1. The molecule has 0 aliphatic heterocycles. The van der Waals surface area contributed by atoms with Gasteiger partial charge < -0.3 is 0 Å². The topological polar surface area (TPSA) is 32.3 Å². The van der Waals surface area contributed by atoms with E-state index in [2.05, 4.69) is 20.2 Å². The summed E-state index contributed by atoms with van der Waals surface area (Å²) < 4.78 is 0. The summed E-state index contributed by atoms with van der Waals surface area (Å²) in [6.07, 6.45) is 0. The van der Waals surface area contributed by atoms with Gasteiger partial charge in [0.1, 0.15) is 0 Å². The molecule has 0 radical (unpaired) electrons. The standard InChI is InChI=1S/C7H10NOPSe/c1-10(9,11)8-7-5-3-2-4-6-7/h2-6H,1H3,(H2,8,9,11). The van der Waals surface area contributed by atoms with Gasteiger partial charge in [0.2, 0.25) is 0 Å². The summed E-state index contributed by atoms with van der Waals surface area (Å²) >= 11 is 2.72. The zero-order valence-electron chi connectivity index (χ0n) is 6.19. The molecule has 1 rings (SSSR count). The van der Waals surface area contributed by atoms with Gasteiger partial charge in [0, 0.05) is 0 Å². The van der Waals surface area contributed by atoms with E-state index in [0.717, 1.165) is 5.69 Å². The van der Waals surface area contributed by atoms with Crippen LogP contribution in [-0.2, 0) is 0 Å². The summed E-state index contributed by atoms with van der Waals surface area (Å²) in [5, 5.41) is 2.99. The molecule has 0 aliphatic rings. The Balaban J connectivity index is 2.74. The monoisotopic (exact) mass is 235 g/mol. The van der Waals surface area contributed by atoms with Crippen molar-refractivity contribution in [2.45, 2.75) is 0 Å². The van der Waals surface area contributed by atoms with Crippen LogP contribution in [0, 0.1) is 0 Å². The molecule has 1 aromatic rings. The Bertz CT molecular complexity index is 269. The molecule has 0 saturated carbocycles. The van der Waals surface area contributed by atoms with Gasteiger partial charge in [0.15, 0.2) is 0 Å². The minimum atomic E-state index is -2.01. The number of para-hydroxylation sites is 1. The molecule has 0 aliphatic carbocycles. The van der Waals surface area contributed by atoms with Gasteiger partial charge in [-0.15, -0.1) is 0 Å². The van der Waals surface area contributed by atoms with Crippen LogP contribution in [0.15, 0.2) is 30.3 Å². The molecule has 2 N–H and O–H groups in total. The minimum absolute atomic E-state index is 0.949. The first-order chi connectivity index (χ1) is 5.08. The SMILES string of the molecule is CP(O)(=[Se])Nc1ccccc1. The molecule has 0 fully saturated rings. The average molecular weight is 234 g/mol. The van der Waals surface area contributed by atoms with Crippen molar-refractivity contribution in [3.8, 4) is 0 Å². The van der Waals surface area contributed by atoms with Crippen molar-refractivity contribution in [1.82, 2.24) is 0 Å². The summed E-state index contributed by atoms with van der Waals surface area (Å²) in [7, 11) is 0. The maximum absolute atomic E-state index is 9.42. The predicted molar refractivity (Wildman–Crippen MR) is 50.9 cm³/mol. The van der Waals surface area contributed by atoms with Gasteiger partial charge in [-0.3, -0.25) is 0 Å². The van der Waals surface area contributed by atoms with Gasteiger partial charge in [-0.05, 0) is 0 Å². The molecule has 0 bridgehead atoms. The van der Waals surface area contributed by atoms with Gasteiger partial charge in [-0.1, -0.05) is 0 Å². The van der Waals surface area contributed by atoms with E-state index in [1.807, 2.05) is 30.3 Å². The third-order valence-corrected chi connectivity index (χ3v) is 2.36. The molecular formula is C7H10NOPSe. The molecule has 11 heavy (non-hydrogen) atoms. The van der Waals surface area contributed by atoms with E-state index >= 15 is 0 Å². The molecule has 0 saturated heterocycles. The van der Waals surface area contributed by atoms with Gasteiger partial charge >= 0.3 is 73.6 Å². The fraction of sp³-hybridized carbons (Fsp3) is 0.143. The third-order valence-electron chi connectivity index (χ3n) is 1.11. The number of rotatable bonds is 2. The zero-order valence-corrected chi connectivity index (χ0v) is 8.80. The summed E-state index contributed by atoms with van der Waals surface area (Å²) in [4.78, 5) is 9.42. The van der Waals surface area contributed by atoms with Crippen LogP contribution in [-0.4, -0.2) is 26.7 Å². The Morgan fingerprint density at radius 2 is 1.91 bits per heavy atom.